The van der Waals surface area contributed by atoms with Gasteiger partial charge in [0.05, 0.1) is 12.4 Å². The number of hydrogen-bond acceptors (Lipinski definition) is 5. The normalized spacial score (nSPS) is 17.9. The zero-order valence-corrected chi connectivity index (χ0v) is 13.1. The van der Waals surface area contributed by atoms with Crippen molar-refractivity contribution in [1.82, 2.24) is 25.5 Å². The second-order valence-electron chi connectivity index (χ2n) is 5.88. The number of aryl methyl sites for hydroxylation is 1. The van der Waals surface area contributed by atoms with Crippen LogP contribution in [0.5, 0.6) is 0 Å². The van der Waals surface area contributed by atoms with Crippen molar-refractivity contribution in [3.05, 3.63) is 36.5 Å². The Labute approximate surface area is 135 Å². The molecule has 122 valence electrons. The highest BCUT2D eigenvalue weighted by molar-refractivity contribution is 5.76. The highest BCUT2D eigenvalue weighted by atomic mass is 16.1. The third-order valence-electron chi connectivity index (χ3n) is 4.08. The Morgan fingerprint density at radius 1 is 1.39 bits per heavy atom. The van der Waals surface area contributed by atoms with Gasteiger partial charge in [-0.3, -0.25) is 14.9 Å². The quantitative estimate of drug-likeness (QED) is 0.839. The monoisotopic (exact) mass is 314 g/mol. The number of H-pyrrole nitrogens is 1. The van der Waals surface area contributed by atoms with E-state index in [2.05, 4.69) is 30.4 Å². The lowest BCUT2D eigenvalue weighted by Crippen LogP contribution is -2.48. The second kappa shape index (κ2) is 7.71. The van der Waals surface area contributed by atoms with Crippen LogP contribution < -0.4 is 10.2 Å². The van der Waals surface area contributed by atoms with Gasteiger partial charge in [-0.2, -0.15) is 5.10 Å². The molecule has 0 bridgehead atoms. The fourth-order valence-corrected chi connectivity index (χ4v) is 2.92. The predicted molar refractivity (Wildman–Crippen MR) is 86.9 cm³/mol. The van der Waals surface area contributed by atoms with Gasteiger partial charge in [0.1, 0.15) is 5.82 Å². The van der Waals surface area contributed by atoms with E-state index in [1.165, 1.54) is 0 Å². The number of amides is 1. The Morgan fingerprint density at radius 2 is 2.35 bits per heavy atom. The number of piperidine rings is 1. The molecule has 2 aromatic heterocycles. The summed E-state index contributed by atoms with van der Waals surface area (Å²) in [5, 5.41) is 9.84. The van der Waals surface area contributed by atoms with Crippen LogP contribution in [0.3, 0.4) is 0 Å². The molecule has 0 spiro atoms. The summed E-state index contributed by atoms with van der Waals surface area (Å²) in [4.78, 5) is 22.7. The fourth-order valence-electron chi connectivity index (χ4n) is 2.92. The van der Waals surface area contributed by atoms with E-state index in [1.54, 1.807) is 24.8 Å². The molecule has 7 heteroatoms. The van der Waals surface area contributed by atoms with Crippen molar-refractivity contribution in [2.45, 2.75) is 38.1 Å². The van der Waals surface area contributed by atoms with Crippen LogP contribution in [0, 0.1) is 0 Å². The van der Waals surface area contributed by atoms with Gasteiger partial charge in [0.15, 0.2) is 0 Å². The van der Waals surface area contributed by atoms with Crippen LogP contribution in [-0.4, -0.2) is 45.2 Å². The van der Waals surface area contributed by atoms with E-state index in [0.29, 0.717) is 6.42 Å². The summed E-state index contributed by atoms with van der Waals surface area (Å²) in [5.41, 5.74) is 1.14. The summed E-state index contributed by atoms with van der Waals surface area (Å²) in [6, 6.07) is 0.187. The van der Waals surface area contributed by atoms with Crippen molar-refractivity contribution in [2.75, 3.05) is 18.0 Å². The minimum absolute atomic E-state index is 0.125. The van der Waals surface area contributed by atoms with Gasteiger partial charge in [-0.05, 0) is 31.2 Å². The standard InChI is InChI=1S/C16H22N6O/c23-16(5-1-3-13-9-19-20-10-13)21-14-4-2-8-22(12-14)15-11-17-6-7-18-15/h6-7,9-11,14H,1-5,8,12H2,(H,19,20)(H,21,23)/t14-/m1/s1. The first-order valence-corrected chi connectivity index (χ1v) is 8.09. The summed E-state index contributed by atoms with van der Waals surface area (Å²) in [7, 11) is 0. The van der Waals surface area contributed by atoms with Gasteiger partial charge in [-0.1, -0.05) is 0 Å². The smallest absolute Gasteiger partial charge is 0.220 e. The van der Waals surface area contributed by atoms with Gasteiger partial charge in [0.25, 0.3) is 0 Å². The summed E-state index contributed by atoms with van der Waals surface area (Å²) < 4.78 is 0. The first kappa shape index (κ1) is 15.5. The van der Waals surface area contributed by atoms with Crippen LogP contribution in [0.1, 0.15) is 31.2 Å². The SMILES string of the molecule is O=C(CCCc1cn[nH]c1)N[C@@H]1CCCN(c2cnccn2)C1. The number of hydrogen-bond donors (Lipinski definition) is 2. The number of aromatic nitrogens is 4. The molecule has 0 aromatic carbocycles. The Balaban J connectivity index is 1.43. The molecule has 3 heterocycles. The summed E-state index contributed by atoms with van der Waals surface area (Å²) in [6.45, 7) is 1.76. The average Bonchev–Trinajstić information content (AvgIpc) is 3.09. The molecule has 0 radical (unpaired) electrons. The van der Waals surface area contributed by atoms with Gasteiger partial charge >= 0.3 is 0 Å². The summed E-state index contributed by atoms with van der Waals surface area (Å²) in [6.07, 6.45) is 13.2. The van der Waals surface area contributed by atoms with Gasteiger partial charge in [-0.25, -0.2) is 4.98 Å². The lowest BCUT2D eigenvalue weighted by molar-refractivity contribution is -0.121. The second-order valence-corrected chi connectivity index (χ2v) is 5.88. The molecule has 0 unspecified atom stereocenters. The molecule has 1 fully saturated rings. The van der Waals surface area contributed by atoms with Crippen molar-refractivity contribution < 1.29 is 4.79 Å². The number of rotatable bonds is 6. The number of aromatic amines is 1. The minimum atomic E-state index is 0.125. The summed E-state index contributed by atoms with van der Waals surface area (Å²) >= 11 is 0. The molecule has 1 aliphatic rings. The molecular formula is C16H22N6O. The van der Waals surface area contributed by atoms with E-state index in [1.807, 2.05) is 6.20 Å². The fraction of sp³-hybridized carbons (Fsp3) is 0.500. The maximum Gasteiger partial charge on any atom is 0.220 e. The Hall–Kier alpha value is -2.44. The number of nitrogens with zero attached hydrogens (tertiary/aromatic N) is 4. The molecule has 1 aliphatic heterocycles. The van der Waals surface area contributed by atoms with Gasteiger partial charge in [0.2, 0.25) is 5.91 Å². The summed E-state index contributed by atoms with van der Waals surface area (Å²) in [5.74, 6) is 1.01. The molecule has 1 atom stereocenters. The third kappa shape index (κ3) is 4.51. The Morgan fingerprint density at radius 3 is 3.13 bits per heavy atom. The molecule has 2 N–H and O–H groups in total. The first-order chi connectivity index (χ1) is 11.3. The number of nitrogens with one attached hydrogen (secondary N) is 2. The number of anilines is 1. The van der Waals surface area contributed by atoms with Crippen LogP contribution in [0.2, 0.25) is 0 Å². The van der Waals surface area contributed by atoms with E-state index >= 15 is 0 Å². The lowest BCUT2D eigenvalue weighted by atomic mass is 10.1. The van der Waals surface area contributed by atoms with Gasteiger partial charge < -0.3 is 10.2 Å². The van der Waals surface area contributed by atoms with Crippen LogP contribution in [0.15, 0.2) is 31.0 Å². The third-order valence-corrected chi connectivity index (χ3v) is 4.08. The number of carbonyl (C=O) groups is 1. The van der Waals surface area contributed by atoms with Crippen LogP contribution in [0.25, 0.3) is 0 Å². The molecule has 0 aliphatic carbocycles. The van der Waals surface area contributed by atoms with Gasteiger partial charge in [0, 0.05) is 44.1 Å². The molecule has 0 saturated carbocycles. The van der Waals surface area contributed by atoms with Crippen molar-refractivity contribution in [1.29, 1.82) is 0 Å². The van der Waals surface area contributed by atoms with Crippen molar-refractivity contribution in [3.8, 4) is 0 Å². The van der Waals surface area contributed by atoms with Crippen LogP contribution in [0.4, 0.5) is 5.82 Å². The van der Waals surface area contributed by atoms with E-state index in [9.17, 15) is 4.79 Å². The van der Waals surface area contributed by atoms with E-state index in [0.717, 1.165) is 50.2 Å². The van der Waals surface area contributed by atoms with E-state index in [4.69, 9.17) is 0 Å². The van der Waals surface area contributed by atoms with Crippen LogP contribution in [-0.2, 0) is 11.2 Å². The van der Waals surface area contributed by atoms with Gasteiger partial charge in [-0.15, -0.1) is 0 Å². The molecule has 2 aromatic rings. The zero-order valence-electron chi connectivity index (χ0n) is 13.1. The van der Waals surface area contributed by atoms with E-state index < -0.39 is 0 Å². The maximum atomic E-state index is 12.1. The molecule has 1 amide bonds. The van der Waals surface area contributed by atoms with Crippen molar-refractivity contribution in [3.63, 3.8) is 0 Å². The zero-order chi connectivity index (χ0) is 15.9. The highest BCUT2D eigenvalue weighted by Gasteiger charge is 2.22. The topological polar surface area (TPSA) is 86.8 Å². The molecule has 3 rings (SSSR count). The maximum absolute atomic E-state index is 12.1. The predicted octanol–water partition coefficient (Wildman–Crippen LogP) is 1.31. The lowest BCUT2D eigenvalue weighted by Gasteiger charge is -2.33. The molecular weight excluding hydrogens is 292 g/mol. The first-order valence-electron chi connectivity index (χ1n) is 8.09. The van der Waals surface area contributed by atoms with Crippen LogP contribution >= 0.6 is 0 Å². The highest BCUT2D eigenvalue weighted by Crippen LogP contribution is 2.16. The Bertz CT molecular complexity index is 600. The molecule has 1 saturated heterocycles. The van der Waals surface area contributed by atoms with Crippen molar-refractivity contribution >= 4 is 11.7 Å². The molecule has 7 nitrogen and oxygen atoms in total. The largest absolute Gasteiger partial charge is 0.353 e. The average molecular weight is 314 g/mol. The van der Waals surface area contributed by atoms with Crippen molar-refractivity contribution in [2.24, 2.45) is 0 Å². The number of carbonyl (C=O) groups excluding carboxylic acids is 1. The van der Waals surface area contributed by atoms with E-state index in [-0.39, 0.29) is 11.9 Å². The minimum Gasteiger partial charge on any atom is -0.353 e. The Kier molecular flexibility index (Phi) is 5.18. The molecule has 23 heavy (non-hydrogen) atoms.